The summed E-state index contributed by atoms with van der Waals surface area (Å²) in [7, 11) is 0. The predicted molar refractivity (Wildman–Crippen MR) is 102 cm³/mol. The first-order valence-corrected chi connectivity index (χ1v) is 8.59. The van der Waals surface area contributed by atoms with Gasteiger partial charge in [-0.2, -0.15) is 5.26 Å². The summed E-state index contributed by atoms with van der Waals surface area (Å²) in [6.07, 6.45) is 2.19. The molecular weight excluding hydrogens is 338 g/mol. The lowest BCUT2D eigenvalue weighted by molar-refractivity contribution is 0.459. The van der Waals surface area contributed by atoms with Gasteiger partial charge >= 0.3 is 0 Å². The van der Waals surface area contributed by atoms with E-state index in [1.165, 1.54) is 0 Å². The zero-order valence-electron chi connectivity index (χ0n) is 14.8. The third-order valence-electron chi connectivity index (χ3n) is 4.55. The van der Waals surface area contributed by atoms with E-state index in [4.69, 9.17) is 15.5 Å². The molecule has 1 aromatic carbocycles. The second-order valence-electron chi connectivity index (χ2n) is 6.35. The average Bonchev–Trinajstić information content (AvgIpc) is 3.13. The van der Waals surface area contributed by atoms with Gasteiger partial charge in [0.25, 0.3) is 0 Å². The molecule has 4 aromatic rings. The summed E-state index contributed by atoms with van der Waals surface area (Å²) in [5.74, 6) is 0. The number of nitrogens with zero attached hydrogens (tertiary/aromatic N) is 4. The third-order valence-corrected chi connectivity index (χ3v) is 4.55. The molecule has 0 aliphatic rings. The second-order valence-corrected chi connectivity index (χ2v) is 6.35. The van der Waals surface area contributed by atoms with Gasteiger partial charge < -0.3 is 10.3 Å². The Morgan fingerprint density at radius 2 is 2.00 bits per heavy atom. The molecule has 3 aromatic heterocycles. The maximum atomic E-state index is 9.10. The highest BCUT2D eigenvalue weighted by Crippen LogP contribution is 2.32. The van der Waals surface area contributed by atoms with Gasteiger partial charge in [-0.15, -0.1) is 0 Å². The van der Waals surface area contributed by atoms with Crippen LogP contribution in [0.3, 0.4) is 0 Å². The van der Waals surface area contributed by atoms with Crippen LogP contribution in [-0.2, 0) is 6.42 Å². The molecule has 6 heteroatoms. The van der Waals surface area contributed by atoms with Crippen molar-refractivity contribution in [1.82, 2.24) is 15.1 Å². The zero-order valence-corrected chi connectivity index (χ0v) is 14.8. The summed E-state index contributed by atoms with van der Waals surface area (Å²) < 4.78 is 5.44. The van der Waals surface area contributed by atoms with Crippen LogP contribution in [0.15, 0.2) is 59.3 Å². The van der Waals surface area contributed by atoms with E-state index in [1.54, 1.807) is 12.3 Å². The topological polar surface area (TPSA) is 102 Å². The summed E-state index contributed by atoms with van der Waals surface area (Å²) >= 11 is 0. The average molecular weight is 355 g/mol. The molecule has 27 heavy (non-hydrogen) atoms. The van der Waals surface area contributed by atoms with Gasteiger partial charge in [-0.05, 0) is 42.8 Å². The lowest BCUT2D eigenvalue weighted by Crippen LogP contribution is -2.17. The Labute approximate surface area is 156 Å². The van der Waals surface area contributed by atoms with E-state index in [0.29, 0.717) is 12.1 Å². The minimum atomic E-state index is -0.392. The summed E-state index contributed by atoms with van der Waals surface area (Å²) in [5, 5.41) is 14.2. The molecule has 0 radical (unpaired) electrons. The molecule has 0 saturated heterocycles. The van der Waals surface area contributed by atoms with Gasteiger partial charge in [-0.1, -0.05) is 23.4 Å². The van der Waals surface area contributed by atoms with Crippen molar-refractivity contribution in [3.63, 3.8) is 0 Å². The van der Waals surface area contributed by atoms with Crippen molar-refractivity contribution in [2.45, 2.75) is 19.4 Å². The van der Waals surface area contributed by atoms with Crippen LogP contribution in [-0.4, -0.2) is 15.1 Å². The highest BCUT2D eigenvalue weighted by Gasteiger charge is 2.20. The molecule has 6 nitrogen and oxygen atoms in total. The van der Waals surface area contributed by atoms with Gasteiger partial charge in [-0.3, -0.25) is 4.98 Å². The van der Waals surface area contributed by atoms with Crippen molar-refractivity contribution < 1.29 is 4.52 Å². The first kappa shape index (κ1) is 16.9. The largest absolute Gasteiger partial charge is 0.356 e. The monoisotopic (exact) mass is 355 g/mol. The number of rotatable bonds is 4. The van der Waals surface area contributed by atoms with E-state index in [9.17, 15) is 0 Å². The van der Waals surface area contributed by atoms with Crippen molar-refractivity contribution >= 4 is 11.0 Å². The highest BCUT2D eigenvalue weighted by molar-refractivity contribution is 5.92. The smallest absolute Gasteiger partial charge is 0.167 e. The molecule has 0 bridgehead atoms. The molecule has 4 rings (SSSR count). The zero-order chi connectivity index (χ0) is 18.8. The standard InChI is InChI=1S/C21H17N5O/c1-13-8-9-14(12-22)25-18(13)11-17(23)21-16(6-4-10-24-21)20-15-5-2-3-7-19(15)27-26-20/h2-10,17H,11,23H2,1H3. The molecule has 2 N–H and O–H groups in total. The van der Waals surface area contributed by atoms with E-state index < -0.39 is 6.04 Å². The summed E-state index contributed by atoms with van der Waals surface area (Å²) in [4.78, 5) is 8.91. The van der Waals surface area contributed by atoms with Crippen LogP contribution in [0.2, 0.25) is 0 Å². The minimum Gasteiger partial charge on any atom is -0.356 e. The number of benzene rings is 1. The van der Waals surface area contributed by atoms with Gasteiger partial charge in [0, 0.05) is 29.3 Å². The maximum absolute atomic E-state index is 9.10. The predicted octanol–water partition coefficient (Wildman–Crippen LogP) is 3.71. The van der Waals surface area contributed by atoms with Gasteiger partial charge in [0.2, 0.25) is 0 Å². The van der Waals surface area contributed by atoms with Crippen LogP contribution in [0.4, 0.5) is 0 Å². The number of para-hydroxylation sites is 1. The number of fused-ring (bicyclic) bond motifs is 1. The molecule has 3 heterocycles. The number of hydrogen-bond donors (Lipinski definition) is 1. The fourth-order valence-corrected chi connectivity index (χ4v) is 3.14. The molecule has 1 atom stereocenters. The van der Waals surface area contributed by atoms with Gasteiger partial charge in [0.05, 0.1) is 11.7 Å². The maximum Gasteiger partial charge on any atom is 0.167 e. The molecule has 0 aliphatic heterocycles. The highest BCUT2D eigenvalue weighted by atomic mass is 16.5. The number of hydrogen-bond acceptors (Lipinski definition) is 6. The molecule has 0 amide bonds. The molecule has 0 fully saturated rings. The number of aryl methyl sites for hydroxylation is 1. The molecule has 0 spiro atoms. The van der Waals surface area contributed by atoms with Crippen LogP contribution in [0.25, 0.3) is 22.2 Å². The van der Waals surface area contributed by atoms with E-state index in [1.807, 2.05) is 49.4 Å². The van der Waals surface area contributed by atoms with E-state index in [-0.39, 0.29) is 0 Å². The fraction of sp³-hybridized carbons (Fsp3) is 0.143. The van der Waals surface area contributed by atoms with E-state index >= 15 is 0 Å². The Hall–Kier alpha value is -3.56. The lowest BCUT2D eigenvalue weighted by atomic mass is 9.98. The van der Waals surface area contributed by atoms with Crippen molar-refractivity contribution in [3.8, 4) is 17.3 Å². The minimum absolute atomic E-state index is 0.381. The molecule has 0 aliphatic carbocycles. The van der Waals surface area contributed by atoms with Crippen LogP contribution < -0.4 is 5.73 Å². The van der Waals surface area contributed by atoms with Crippen molar-refractivity contribution in [3.05, 3.63) is 77.4 Å². The van der Waals surface area contributed by atoms with Gasteiger partial charge in [0.1, 0.15) is 17.5 Å². The molecular formula is C21H17N5O. The Kier molecular flexibility index (Phi) is 4.37. The molecule has 132 valence electrons. The summed E-state index contributed by atoms with van der Waals surface area (Å²) in [5.41, 5.74) is 11.7. The number of pyridine rings is 2. The molecule has 0 saturated carbocycles. The Morgan fingerprint density at radius 3 is 2.85 bits per heavy atom. The second kappa shape index (κ2) is 6.98. The Balaban J connectivity index is 1.74. The van der Waals surface area contributed by atoms with Crippen LogP contribution in [0.1, 0.15) is 28.7 Å². The van der Waals surface area contributed by atoms with Gasteiger partial charge in [0.15, 0.2) is 5.58 Å². The van der Waals surface area contributed by atoms with E-state index in [0.717, 1.165) is 39.2 Å². The van der Waals surface area contributed by atoms with Crippen LogP contribution in [0.5, 0.6) is 0 Å². The SMILES string of the molecule is Cc1ccc(C#N)nc1CC(N)c1ncccc1-c1noc2ccccc12. The number of nitrogens with two attached hydrogens (primary N) is 1. The normalized spacial score (nSPS) is 12.0. The van der Waals surface area contributed by atoms with Crippen molar-refractivity contribution in [1.29, 1.82) is 5.26 Å². The number of aromatic nitrogens is 3. The molecule has 1 unspecified atom stereocenters. The first-order chi connectivity index (χ1) is 13.2. The fourth-order valence-electron chi connectivity index (χ4n) is 3.14. The van der Waals surface area contributed by atoms with Crippen LogP contribution >= 0.6 is 0 Å². The van der Waals surface area contributed by atoms with Crippen molar-refractivity contribution in [2.75, 3.05) is 0 Å². The van der Waals surface area contributed by atoms with Crippen molar-refractivity contribution in [2.24, 2.45) is 5.73 Å². The number of nitriles is 1. The Bertz CT molecular complexity index is 1160. The van der Waals surface area contributed by atoms with E-state index in [2.05, 4.69) is 21.2 Å². The van der Waals surface area contributed by atoms with Crippen LogP contribution in [0, 0.1) is 18.3 Å². The third kappa shape index (κ3) is 3.16. The summed E-state index contributed by atoms with van der Waals surface area (Å²) in [6.45, 7) is 1.96. The van der Waals surface area contributed by atoms with Gasteiger partial charge in [-0.25, -0.2) is 4.98 Å². The quantitative estimate of drug-likeness (QED) is 0.599. The summed E-state index contributed by atoms with van der Waals surface area (Å²) in [6, 6.07) is 16.8. The first-order valence-electron chi connectivity index (χ1n) is 8.59. The Morgan fingerprint density at radius 1 is 1.15 bits per heavy atom. The lowest BCUT2D eigenvalue weighted by Gasteiger charge is -2.15.